The molecule has 0 aliphatic carbocycles. The normalized spacial score (nSPS) is 21.5. The first-order chi connectivity index (χ1) is 11.9. The van der Waals surface area contributed by atoms with Gasteiger partial charge in [-0.15, -0.1) is 0 Å². The van der Waals surface area contributed by atoms with Crippen LogP contribution >= 0.6 is 0 Å². The molecule has 1 amide bonds. The Balaban J connectivity index is 2.42. The third kappa shape index (κ3) is 4.75. The number of benzene rings is 1. The predicted octanol–water partition coefficient (Wildman–Crippen LogP) is 2.02. The number of hydrogen-bond acceptors (Lipinski definition) is 5. The maximum Gasteiger partial charge on any atom is 0.254 e. The highest BCUT2D eigenvalue weighted by Crippen LogP contribution is 2.27. The Labute approximate surface area is 155 Å². The molecular formula is C18H28N2O5S. The van der Waals surface area contributed by atoms with Crippen molar-refractivity contribution in [2.75, 3.05) is 20.3 Å². The van der Waals surface area contributed by atoms with E-state index >= 15 is 0 Å². The number of methoxy groups -OCH3 is 1. The number of nitrogens with zero attached hydrogens (tertiary/aromatic N) is 1. The molecule has 1 aromatic carbocycles. The fourth-order valence-corrected chi connectivity index (χ4v) is 4.44. The van der Waals surface area contributed by atoms with Crippen LogP contribution in [-0.2, 0) is 14.8 Å². The van der Waals surface area contributed by atoms with Gasteiger partial charge in [-0.1, -0.05) is 0 Å². The van der Waals surface area contributed by atoms with Gasteiger partial charge in [-0.05, 0) is 52.8 Å². The average Bonchev–Trinajstić information content (AvgIpc) is 2.53. The van der Waals surface area contributed by atoms with Crippen LogP contribution in [0.1, 0.15) is 45.0 Å². The van der Waals surface area contributed by atoms with E-state index in [4.69, 9.17) is 9.47 Å². The largest absolute Gasteiger partial charge is 0.495 e. The summed E-state index contributed by atoms with van der Waals surface area (Å²) >= 11 is 0. The van der Waals surface area contributed by atoms with E-state index in [1.54, 1.807) is 31.7 Å². The lowest BCUT2D eigenvalue weighted by molar-refractivity contribution is -0.0387. The van der Waals surface area contributed by atoms with Crippen LogP contribution < -0.4 is 9.46 Å². The molecule has 1 aliphatic rings. The van der Waals surface area contributed by atoms with E-state index in [0.717, 1.165) is 0 Å². The van der Waals surface area contributed by atoms with Crippen molar-refractivity contribution >= 4 is 15.9 Å². The maximum absolute atomic E-state index is 12.9. The van der Waals surface area contributed by atoms with Gasteiger partial charge in [-0.25, -0.2) is 13.1 Å². The van der Waals surface area contributed by atoms with Crippen molar-refractivity contribution in [2.45, 2.75) is 57.2 Å². The summed E-state index contributed by atoms with van der Waals surface area (Å²) in [6.45, 7) is 10.00. The van der Waals surface area contributed by atoms with Crippen LogP contribution in [0.15, 0.2) is 23.1 Å². The van der Waals surface area contributed by atoms with Crippen molar-refractivity contribution < 1.29 is 22.7 Å². The number of amides is 1. The molecule has 1 fully saturated rings. The molecule has 0 spiro atoms. The summed E-state index contributed by atoms with van der Waals surface area (Å²) in [6, 6.07) is 4.40. The van der Waals surface area contributed by atoms with Gasteiger partial charge < -0.3 is 14.4 Å². The van der Waals surface area contributed by atoms with Crippen molar-refractivity contribution in [3.05, 3.63) is 23.8 Å². The summed E-state index contributed by atoms with van der Waals surface area (Å²) in [7, 11) is -2.44. The molecule has 0 aromatic heterocycles. The zero-order valence-electron chi connectivity index (χ0n) is 16.2. The van der Waals surface area contributed by atoms with Gasteiger partial charge in [0.05, 0.1) is 25.9 Å². The van der Waals surface area contributed by atoms with Crippen LogP contribution in [0.3, 0.4) is 0 Å². The second-order valence-corrected chi connectivity index (χ2v) is 9.32. The molecule has 2 rings (SSSR count). The zero-order valence-corrected chi connectivity index (χ0v) is 17.0. The van der Waals surface area contributed by atoms with E-state index in [1.807, 2.05) is 13.8 Å². The minimum absolute atomic E-state index is 0.0465. The highest BCUT2D eigenvalue weighted by atomic mass is 32.2. The van der Waals surface area contributed by atoms with E-state index in [9.17, 15) is 13.2 Å². The molecule has 1 aromatic rings. The molecule has 2 atom stereocenters. The standard InChI is InChI=1S/C18H28N2O5S/c1-12-11-25-13(2)10-20(12)17(21)14-7-8-15(24-6)16(9-14)26(22,23)19-18(3,4)5/h7-9,12-13,19H,10-11H2,1-6H3. The molecule has 0 bridgehead atoms. The predicted molar refractivity (Wildman–Crippen MR) is 99.0 cm³/mol. The first kappa shape index (κ1) is 20.7. The number of hydrogen-bond donors (Lipinski definition) is 1. The summed E-state index contributed by atoms with van der Waals surface area (Å²) in [6.07, 6.45) is -0.0563. The first-order valence-electron chi connectivity index (χ1n) is 8.59. The lowest BCUT2D eigenvalue weighted by Gasteiger charge is -2.37. The van der Waals surface area contributed by atoms with E-state index in [1.165, 1.54) is 19.2 Å². The number of sulfonamides is 1. The topological polar surface area (TPSA) is 84.9 Å². The molecule has 8 heteroatoms. The first-order valence-corrected chi connectivity index (χ1v) is 10.1. The molecule has 7 nitrogen and oxygen atoms in total. The van der Waals surface area contributed by atoms with Gasteiger partial charge >= 0.3 is 0 Å². The van der Waals surface area contributed by atoms with Crippen LogP contribution in [0.2, 0.25) is 0 Å². The van der Waals surface area contributed by atoms with Gasteiger partial charge in [0, 0.05) is 17.6 Å². The van der Waals surface area contributed by atoms with E-state index in [0.29, 0.717) is 18.7 Å². The smallest absolute Gasteiger partial charge is 0.254 e. The molecule has 1 saturated heterocycles. The summed E-state index contributed by atoms with van der Waals surface area (Å²) < 4.78 is 38.9. The molecule has 26 heavy (non-hydrogen) atoms. The van der Waals surface area contributed by atoms with Crippen LogP contribution in [0.5, 0.6) is 5.75 Å². The number of nitrogens with one attached hydrogen (secondary N) is 1. The molecule has 1 aliphatic heterocycles. The second kappa shape index (κ2) is 7.54. The van der Waals surface area contributed by atoms with Crippen molar-refractivity contribution in [2.24, 2.45) is 0 Å². The van der Waals surface area contributed by atoms with Crippen LogP contribution in [0.25, 0.3) is 0 Å². The minimum atomic E-state index is -3.84. The molecule has 1 N–H and O–H groups in total. The monoisotopic (exact) mass is 384 g/mol. The zero-order chi connectivity index (χ0) is 19.7. The second-order valence-electron chi connectivity index (χ2n) is 7.67. The Hall–Kier alpha value is -1.64. The van der Waals surface area contributed by atoms with Crippen molar-refractivity contribution in [1.82, 2.24) is 9.62 Å². The van der Waals surface area contributed by atoms with Crippen LogP contribution in [-0.4, -0.2) is 57.2 Å². The summed E-state index contributed by atoms with van der Waals surface area (Å²) in [4.78, 5) is 14.6. The Morgan fingerprint density at radius 1 is 1.31 bits per heavy atom. The molecule has 2 unspecified atom stereocenters. The Kier molecular flexibility index (Phi) is 5.99. The molecular weight excluding hydrogens is 356 g/mol. The summed E-state index contributed by atoms with van der Waals surface area (Å²) in [5, 5.41) is 0. The van der Waals surface area contributed by atoms with Crippen molar-refractivity contribution in [1.29, 1.82) is 0 Å². The fourth-order valence-electron chi connectivity index (χ4n) is 2.83. The van der Waals surface area contributed by atoms with Gasteiger partial charge in [0.15, 0.2) is 0 Å². The number of carbonyl (C=O) groups excluding carboxylic acids is 1. The van der Waals surface area contributed by atoms with Gasteiger partial charge in [0.2, 0.25) is 10.0 Å². The minimum Gasteiger partial charge on any atom is -0.495 e. The van der Waals surface area contributed by atoms with Gasteiger partial charge in [-0.3, -0.25) is 4.79 Å². The third-order valence-electron chi connectivity index (χ3n) is 4.01. The maximum atomic E-state index is 12.9. The Morgan fingerprint density at radius 3 is 2.54 bits per heavy atom. The van der Waals surface area contributed by atoms with E-state index < -0.39 is 15.6 Å². The fraction of sp³-hybridized carbons (Fsp3) is 0.611. The van der Waals surface area contributed by atoms with Crippen LogP contribution in [0, 0.1) is 0 Å². The van der Waals surface area contributed by atoms with Crippen LogP contribution in [0.4, 0.5) is 0 Å². The highest BCUT2D eigenvalue weighted by Gasteiger charge is 2.31. The van der Waals surface area contributed by atoms with Gasteiger partial charge in [0.25, 0.3) is 5.91 Å². The Morgan fingerprint density at radius 2 is 1.96 bits per heavy atom. The molecule has 146 valence electrons. The summed E-state index contributed by atoms with van der Waals surface area (Å²) in [5.74, 6) is -0.0239. The lowest BCUT2D eigenvalue weighted by atomic mass is 10.1. The quantitative estimate of drug-likeness (QED) is 0.858. The SMILES string of the molecule is COc1ccc(C(=O)N2CC(C)OCC2C)cc1S(=O)(=O)NC(C)(C)C. The average molecular weight is 384 g/mol. The van der Waals surface area contributed by atoms with Gasteiger partial charge in [-0.2, -0.15) is 0 Å². The van der Waals surface area contributed by atoms with Gasteiger partial charge in [0.1, 0.15) is 10.6 Å². The molecule has 0 radical (unpaired) electrons. The van der Waals surface area contributed by atoms with E-state index in [2.05, 4.69) is 4.72 Å². The molecule has 1 heterocycles. The molecule has 0 saturated carbocycles. The van der Waals surface area contributed by atoms with E-state index in [-0.39, 0.29) is 28.7 Å². The van der Waals surface area contributed by atoms with Crippen molar-refractivity contribution in [3.63, 3.8) is 0 Å². The number of rotatable bonds is 4. The van der Waals surface area contributed by atoms with Crippen molar-refractivity contribution in [3.8, 4) is 5.75 Å². The lowest BCUT2D eigenvalue weighted by Crippen LogP contribution is -2.50. The number of morpholine rings is 1. The highest BCUT2D eigenvalue weighted by molar-refractivity contribution is 7.89. The number of ether oxygens (including phenoxy) is 2. The summed E-state index contributed by atoms with van der Waals surface area (Å²) in [5.41, 5.74) is -0.348. The Bertz CT molecular complexity index is 770. The number of carbonyl (C=O) groups is 1. The third-order valence-corrected chi connectivity index (χ3v) is 5.79.